The number of hydrogen-bond acceptors (Lipinski definition) is 3. The molecule has 2 aromatic carbocycles. The van der Waals surface area contributed by atoms with E-state index in [0.29, 0.717) is 28.6 Å². The second-order valence-corrected chi connectivity index (χ2v) is 6.10. The van der Waals surface area contributed by atoms with Gasteiger partial charge in [0.25, 0.3) is 5.91 Å². The molecule has 2 rings (SSSR count). The van der Waals surface area contributed by atoms with Crippen LogP contribution in [-0.4, -0.2) is 12.5 Å². The van der Waals surface area contributed by atoms with Crippen LogP contribution in [0.15, 0.2) is 52.5 Å². The zero-order valence-electron chi connectivity index (χ0n) is 12.8. The molecule has 0 fully saturated rings. The van der Waals surface area contributed by atoms with Gasteiger partial charge in [-0.25, -0.2) is 0 Å². The van der Waals surface area contributed by atoms with E-state index in [1.165, 1.54) is 6.08 Å². The Balaban J connectivity index is 2.28. The Morgan fingerprint density at radius 3 is 2.67 bits per heavy atom. The molecule has 0 unspecified atom stereocenters. The van der Waals surface area contributed by atoms with E-state index in [1.807, 2.05) is 13.0 Å². The van der Waals surface area contributed by atoms with Crippen LogP contribution in [0.1, 0.15) is 12.5 Å². The number of benzene rings is 2. The van der Waals surface area contributed by atoms with Crippen molar-refractivity contribution in [3.05, 3.63) is 63.1 Å². The van der Waals surface area contributed by atoms with Gasteiger partial charge in [-0.2, -0.15) is 5.26 Å². The maximum Gasteiger partial charge on any atom is 0.266 e. The standard InChI is InChI=1S/C18H14BrClN2O2/c1-2-24-17-8-5-15(20)10-12(17)9-13(11-21)18(23)22-16-6-3-14(19)4-7-16/h3-10H,2H2,1H3,(H,22,23)/b13-9+. The SMILES string of the molecule is CCOc1ccc(Cl)cc1/C=C(\C#N)C(=O)Nc1ccc(Br)cc1. The summed E-state index contributed by atoms with van der Waals surface area (Å²) in [4.78, 5) is 12.3. The lowest BCUT2D eigenvalue weighted by molar-refractivity contribution is -0.112. The molecule has 0 heterocycles. The molecule has 1 amide bonds. The van der Waals surface area contributed by atoms with Gasteiger partial charge in [-0.05, 0) is 55.5 Å². The van der Waals surface area contributed by atoms with Gasteiger partial charge in [-0.1, -0.05) is 27.5 Å². The van der Waals surface area contributed by atoms with Gasteiger partial charge in [0.15, 0.2) is 0 Å². The van der Waals surface area contributed by atoms with Crippen LogP contribution >= 0.6 is 27.5 Å². The second-order valence-electron chi connectivity index (χ2n) is 4.75. The summed E-state index contributed by atoms with van der Waals surface area (Å²) in [5.74, 6) is 0.0633. The average Bonchev–Trinajstić information content (AvgIpc) is 2.57. The minimum atomic E-state index is -0.498. The van der Waals surface area contributed by atoms with E-state index in [1.54, 1.807) is 42.5 Å². The fraction of sp³-hybridized carbons (Fsp3) is 0.111. The maximum atomic E-state index is 12.3. The third kappa shape index (κ3) is 4.85. The van der Waals surface area contributed by atoms with Gasteiger partial charge in [-0.15, -0.1) is 0 Å². The minimum absolute atomic E-state index is 0.0406. The lowest BCUT2D eigenvalue weighted by Gasteiger charge is -2.08. The van der Waals surface area contributed by atoms with Crippen molar-refractivity contribution in [2.75, 3.05) is 11.9 Å². The first-order chi connectivity index (χ1) is 11.5. The van der Waals surface area contributed by atoms with Gasteiger partial charge in [-0.3, -0.25) is 4.79 Å². The summed E-state index contributed by atoms with van der Waals surface area (Å²) >= 11 is 9.32. The molecule has 6 heteroatoms. The largest absolute Gasteiger partial charge is 0.493 e. The second kappa shape index (κ2) is 8.53. The smallest absolute Gasteiger partial charge is 0.266 e. The first-order valence-corrected chi connectivity index (χ1v) is 8.31. The number of anilines is 1. The van der Waals surface area contributed by atoms with Crippen molar-refractivity contribution in [2.45, 2.75) is 6.92 Å². The molecule has 0 radical (unpaired) electrons. The number of carbonyl (C=O) groups excluding carboxylic acids is 1. The number of nitrogens with zero attached hydrogens (tertiary/aromatic N) is 1. The molecule has 0 saturated carbocycles. The lowest BCUT2D eigenvalue weighted by Crippen LogP contribution is -2.13. The highest BCUT2D eigenvalue weighted by Crippen LogP contribution is 2.25. The van der Waals surface area contributed by atoms with Crippen LogP contribution < -0.4 is 10.1 Å². The monoisotopic (exact) mass is 404 g/mol. The molecule has 0 saturated heterocycles. The summed E-state index contributed by atoms with van der Waals surface area (Å²) in [5, 5.41) is 12.5. The Hall–Kier alpha value is -2.29. The first kappa shape index (κ1) is 18.1. The van der Waals surface area contributed by atoms with Gasteiger partial charge >= 0.3 is 0 Å². The average molecular weight is 406 g/mol. The third-order valence-electron chi connectivity index (χ3n) is 3.04. The Morgan fingerprint density at radius 1 is 1.33 bits per heavy atom. The highest BCUT2D eigenvalue weighted by molar-refractivity contribution is 9.10. The fourth-order valence-electron chi connectivity index (χ4n) is 1.95. The third-order valence-corrected chi connectivity index (χ3v) is 3.80. The fourth-order valence-corrected chi connectivity index (χ4v) is 2.40. The summed E-state index contributed by atoms with van der Waals surface area (Å²) in [6.45, 7) is 2.32. The van der Waals surface area contributed by atoms with Crippen molar-refractivity contribution < 1.29 is 9.53 Å². The van der Waals surface area contributed by atoms with E-state index in [9.17, 15) is 10.1 Å². The zero-order valence-corrected chi connectivity index (χ0v) is 15.2. The van der Waals surface area contributed by atoms with E-state index in [4.69, 9.17) is 16.3 Å². The quantitative estimate of drug-likeness (QED) is 0.559. The molecule has 0 aliphatic rings. The number of rotatable bonds is 5. The number of halogens is 2. The molecule has 0 aromatic heterocycles. The van der Waals surface area contributed by atoms with Gasteiger partial charge in [0.1, 0.15) is 17.4 Å². The van der Waals surface area contributed by atoms with Gasteiger partial charge in [0.05, 0.1) is 6.61 Å². The normalized spacial score (nSPS) is 10.8. The van der Waals surface area contributed by atoms with Crippen LogP contribution in [0.25, 0.3) is 6.08 Å². The molecule has 1 N–H and O–H groups in total. The molecular formula is C18H14BrClN2O2. The number of amides is 1. The number of nitrogens with one attached hydrogen (secondary N) is 1. The number of ether oxygens (including phenoxy) is 1. The lowest BCUT2D eigenvalue weighted by atomic mass is 10.1. The summed E-state index contributed by atoms with van der Waals surface area (Å²) in [7, 11) is 0. The minimum Gasteiger partial charge on any atom is -0.493 e. The molecular weight excluding hydrogens is 392 g/mol. The molecule has 122 valence electrons. The number of hydrogen-bond donors (Lipinski definition) is 1. The summed E-state index contributed by atoms with van der Waals surface area (Å²) in [5.41, 5.74) is 1.13. The molecule has 0 atom stereocenters. The van der Waals surface area contributed by atoms with Crippen LogP contribution in [-0.2, 0) is 4.79 Å². The Morgan fingerprint density at radius 2 is 2.04 bits per heavy atom. The summed E-state index contributed by atoms with van der Waals surface area (Å²) in [6, 6.07) is 14.0. The molecule has 0 spiro atoms. The predicted molar refractivity (Wildman–Crippen MR) is 99.0 cm³/mol. The van der Waals surface area contributed by atoms with Crippen molar-refractivity contribution in [1.29, 1.82) is 5.26 Å². The van der Waals surface area contributed by atoms with E-state index in [-0.39, 0.29) is 5.57 Å². The van der Waals surface area contributed by atoms with Crippen molar-refractivity contribution >= 4 is 45.2 Å². The van der Waals surface area contributed by atoms with Crippen LogP contribution in [0.5, 0.6) is 5.75 Å². The summed E-state index contributed by atoms with van der Waals surface area (Å²) in [6.07, 6.45) is 1.46. The highest BCUT2D eigenvalue weighted by atomic mass is 79.9. The van der Waals surface area contributed by atoms with Gasteiger partial charge in [0.2, 0.25) is 0 Å². The van der Waals surface area contributed by atoms with E-state index < -0.39 is 5.91 Å². The first-order valence-electron chi connectivity index (χ1n) is 7.14. The van der Waals surface area contributed by atoms with Crippen LogP contribution in [0, 0.1) is 11.3 Å². The summed E-state index contributed by atoms with van der Waals surface area (Å²) < 4.78 is 6.40. The van der Waals surface area contributed by atoms with Gasteiger partial charge < -0.3 is 10.1 Å². The van der Waals surface area contributed by atoms with Gasteiger partial charge in [0, 0.05) is 20.7 Å². The number of nitriles is 1. The van der Waals surface area contributed by atoms with E-state index in [2.05, 4.69) is 21.2 Å². The Labute approximate surface area is 153 Å². The van der Waals surface area contributed by atoms with E-state index in [0.717, 1.165) is 4.47 Å². The molecule has 4 nitrogen and oxygen atoms in total. The van der Waals surface area contributed by atoms with Crippen molar-refractivity contribution in [2.24, 2.45) is 0 Å². The van der Waals surface area contributed by atoms with Crippen molar-refractivity contribution in [3.63, 3.8) is 0 Å². The Bertz CT molecular complexity index is 811. The topological polar surface area (TPSA) is 62.1 Å². The highest BCUT2D eigenvalue weighted by Gasteiger charge is 2.12. The van der Waals surface area contributed by atoms with E-state index >= 15 is 0 Å². The maximum absolute atomic E-state index is 12.3. The molecule has 24 heavy (non-hydrogen) atoms. The Kier molecular flexibility index (Phi) is 6.42. The molecule has 2 aromatic rings. The molecule has 0 aliphatic heterocycles. The van der Waals surface area contributed by atoms with Crippen LogP contribution in [0.2, 0.25) is 5.02 Å². The molecule has 0 aliphatic carbocycles. The predicted octanol–water partition coefficient (Wildman–Crippen LogP) is 5.05. The van der Waals surface area contributed by atoms with Crippen molar-refractivity contribution in [1.82, 2.24) is 0 Å². The molecule has 0 bridgehead atoms. The zero-order chi connectivity index (χ0) is 17.5. The van der Waals surface area contributed by atoms with Crippen LogP contribution in [0.3, 0.4) is 0 Å². The number of carbonyl (C=O) groups is 1. The van der Waals surface area contributed by atoms with Crippen LogP contribution in [0.4, 0.5) is 5.69 Å². The van der Waals surface area contributed by atoms with Crippen molar-refractivity contribution in [3.8, 4) is 11.8 Å².